The number of benzene rings is 6. The van der Waals surface area contributed by atoms with Gasteiger partial charge in [0.05, 0.1) is 16.4 Å². The van der Waals surface area contributed by atoms with Crippen LogP contribution in [0.1, 0.15) is 149 Å². The minimum Gasteiger partial charge on any atom is -0.439 e. The van der Waals surface area contributed by atoms with Gasteiger partial charge in [-0.2, -0.15) is 0 Å². The lowest BCUT2D eigenvalue weighted by atomic mass is 9.33. The molecule has 67 heavy (non-hydrogen) atoms. The maximum absolute atomic E-state index is 6.97. The molecule has 2 unspecified atom stereocenters. The van der Waals surface area contributed by atoms with Gasteiger partial charge in [0.15, 0.2) is 0 Å². The van der Waals surface area contributed by atoms with E-state index in [-0.39, 0.29) is 39.3 Å². The lowest BCUT2D eigenvalue weighted by Crippen LogP contribution is -2.60. The Morgan fingerprint density at radius 2 is 1.24 bits per heavy atom. The highest BCUT2D eigenvalue weighted by atomic mass is 16.3. The Hall–Kier alpha value is -5.68. The smallest absolute Gasteiger partial charge is 0.252 e. The summed E-state index contributed by atoms with van der Waals surface area (Å²) in [5.41, 5.74) is 22.3. The number of aromatic nitrogens is 1. The molecule has 1 saturated carbocycles. The maximum Gasteiger partial charge on any atom is 0.252 e. The first-order valence-corrected chi connectivity index (χ1v) is 25.4. The molecular formula is C62H66BN3O. The minimum atomic E-state index is -0.113. The van der Waals surface area contributed by atoms with Crippen LogP contribution in [0.25, 0.3) is 38.7 Å². The molecule has 5 aliphatic rings. The van der Waals surface area contributed by atoms with Gasteiger partial charge in [0.25, 0.3) is 6.71 Å². The molecule has 2 aromatic heterocycles. The van der Waals surface area contributed by atoms with Gasteiger partial charge in [-0.3, -0.25) is 4.57 Å². The Bertz CT molecular complexity index is 3460. The summed E-state index contributed by atoms with van der Waals surface area (Å²) in [6.07, 6.45) is 7.25. The molecule has 0 spiro atoms. The fourth-order valence-electron chi connectivity index (χ4n) is 14.1. The molecule has 13 rings (SSSR count). The van der Waals surface area contributed by atoms with Crippen LogP contribution in [0, 0.1) is 0 Å². The monoisotopic (exact) mass is 880 g/mol. The van der Waals surface area contributed by atoms with Crippen LogP contribution in [0.4, 0.5) is 28.4 Å². The predicted molar refractivity (Wildman–Crippen MR) is 285 cm³/mol. The zero-order chi connectivity index (χ0) is 46.5. The second-order valence-corrected chi connectivity index (χ2v) is 25.2. The van der Waals surface area contributed by atoms with E-state index in [1.54, 1.807) is 0 Å². The fourth-order valence-corrected chi connectivity index (χ4v) is 14.1. The van der Waals surface area contributed by atoms with E-state index in [2.05, 4.69) is 207 Å². The summed E-state index contributed by atoms with van der Waals surface area (Å²) in [4.78, 5) is 5.48. The van der Waals surface area contributed by atoms with E-state index in [0.717, 1.165) is 17.7 Å². The number of rotatable bonds is 2. The van der Waals surface area contributed by atoms with Gasteiger partial charge in [0.1, 0.15) is 5.58 Å². The molecule has 8 aromatic rings. The Balaban J connectivity index is 1.13. The second-order valence-electron chi connectivity index (χ2n) is 25.2. The van der Waals surface area contributed by atoms with Crippen molar-refractivity contribution in [2.75, 3.05) is 9.80 Å². The van der Waals surface area contributed by atoms with Crippen molar-refractivity contribution in [1.29, 1.82) is 0 Å². The third-order valence-electron chi connectivity index (χ3n) is 18.3. The third-order valence-corrected chi connectivity index (χ3v) is 18.3. The fraction of sp³-hybridized carbons (Fsp3) is 0.387. The van der Waals surface area contributed by atoms with Crippen LogP contribution in [-0.4, -0.2) is 16.8 Å². The number of furan rings is 1. The molecule has 0 saturated heterocycles. The van der Waals surface area contributed by atoms with Gasteiger partial charge in [-0.05, 0) is 147 Å². The topological polar surface area (TPSA) is 24.6 Å². The summed E-state index contributed by atoms with van der Waals surface area (Å²) in [7, 11) is 0. The summed E-state index contributed by atoms with van der Waals surface area (Å²) in [5.74, 6) is 0. The number of para-hydroxylation sites is 2. The zero-order valence-electron chi connectivity index (χ0n) is 42.0. The molecule has 4 nitrogen and oxygen atoms in total. The quantitative estimate of drug-likeness (QED) is 0.162. The Labute approximate surface area is 398 Å². The minimum absolute atomic E-state index is 0.0307. The van der Waals surface area contributed by atoms with E-state index in [4.69, 9.17) is 4.42 Å². The predicted octanol–water partition coefficient (Wildman–Crippen LogP) is 14.8. The Morgan fingerprint density at radius 3 is 2.01 bits per heavy atom. The number of hydrogen-bond donors (Lipinski definition) is 0. The van der Waals surface area contributed by atoms with E-state index >= 15 is 0 Å². The number of anilines is 5. The molecule has 5 heterocycles. The summed E-state index contributed by atoms with van der Waals surface area (Å²) in [6, 6.07) is 43.3. The standard InChI is InChI=1S/C62H66BN3O/c1-57(2,3)37-22-27-48-45(32-37)61(11)28-15-16-29-62(61,12)66(48)40-24-26-46-49(36-40)64(39-23-25-43-44(35-39)60(9,10)31-30-59(43,7)8)50-33-38(58(4,5)6)34-51-54(50)63(46)47-20-17-19-42-53-41-18-13-14-21-52(41)67-56(53)65(51)55(42)47/h13-14,17-27,32-36H,15-16,28-31H2,1-12H3. The van der Waals surface area contributed by atoms with Crippen molar-refractivity contribution < 1.29 is 4.42 Å². The van der Waals surface area contributed by atoms with Crippen molar-refractivity contribution in [1.82, 2.24) is 4.57 Å². The molecule has 1 fully saturated rings. The van der Waals surface area contributed by atoms with Crippen molar-refractivity contribution in [3.8, 4) is 5.69 Å². The molecular weight excluding hydrogens is 814 g/mol. The molecule has 0 bridgehead atoms. The van der Waals surface area contributed by atoms with Gasteiger partial charge < -0.3 is 14.2 Å². The van der Waals surface area contributed by atoms with Crippen LogP contribution >= 0.6 is 0 Å². The van der Waals surface area contributed by atoms with Gasteiger partial charge in [-0.15, -0.1) is 0 Å². The van der Waals surface area contributed by atoms with E-state index in [1.165, 1.54) is 132 Å². The Kier molecular flexibility index (Phi) is 8.11. The zero-order valence-corrected chi connectivity index (χ0v) is 42.0. The molecule has 0 amide bonds. The highest BCUT2D eigenvalue weighted by Gasteiger charge is 2.58. The van der Waals surface area contributed by atoms with Gasteiger partial charge in [0, 0.05) is 50.3 Å². The van der Waals surface area contributed by atoms with Gasteiger partial charge >= 0.3 is 0 Å². The van der Waals surface area contributed by atoms with Gasteiger partial charge in [0.2, 0.25) is 5.71 Å². The van der Waals surface area contributed by atoms with Crippen molar-refractivity contribution in [3.63, 3.8) is 0 Å². The first kappa shape index (κ1) is 41.5. The number of hydrogen-bond acceptors (Lipinski definition) is 3. The summed E-state index contributed by atoms with van der Waals surface area (Å²) in [6.45, 7) is 29.2. The molecule has 3 aliphatic heterocycles. The van der Waals surface area contributed by atoms with E-state index < -0.39 is 0 Å². The first-order valence-electron chi connectivity index (χ1n) is 25.4. The second kappa shape index (κ2) is 13.1. The van der Waals surface area contributed by atoms with Crippen LogP contribution in [0.5, 0.6) is 0 Å². The third kappa shape index (κ3) is 5.38. The molecule has 0 N–H and O–H groups in total. The highest BCUT2D eigenvalue weighted by Crippen LogP contribution is 2.62. The lowest BCUT2D eigenvalue weighted by molar-refractivity contribution is 0.195. The molecule has 2 aliphatic carbocycles. The summed E-state index contributed by atoms with van der Waals surface area (Å²) >= 11 is 0. The molecule has 5 heteroatoms. The van der Waals surface area contributed by atoms with Crippen molar-refractivity contribution >= 4 is 84.5 Å². The Morgan fingerprint density at radius 1 is 0.537 bits per heavy atom. The van der Waals surface area contributed by atoms with Crippen molar-refractivity contribution in [2.45, 2.75) is 154 Å². The first-order chi connectivity index (χ1) is 31.7. The summed E-state index contributed by atoms with van der Waals surface area (Å²) < 4.78 is 9.47. The van der Waals surface area contributed by atoms with E-state index in [1.807, 2.05) is 0 Å². The largest absolute Gasteiger partial charge is 0.439 e. The van der Waals surface area contributed by atoms with Crippen LogP contribution < -0.4 is 26.2 Å². The van der Waals surface area contributed by atoms with Crippen molar-refractivity contribution in [3.05, 3.63) is 137 Å². The SMILES string of the molecule is CC(C)(C)c1cc2c3c(c1)-n1c4oc5ccccc5c4c4cccc(c41)B3c1ccc(N3c4ccc(C(C)(C)C)cc4C4(C)CCCCC34C)cc1N2c1ccc2c(c1)C(C)(C)CCC2(C)C. The highest BCUT2D eigenvalue weighted by molar-refractivity contribution is 7.00. The number of nitrogens with zero attached hydrogens (tertiary/aromatic N) is 3. The van der Waals surface area contributed by atoms with Crippen LogP contribution in [0.3, 0.4) is 0 Å². The normalized spacial score (nSPS) is 22.2. The maximum atomic E-state index is 6.97. The molecule has 6 aromatic carbocycles. The van der Waals surface area contributed by atoms with Crippen LogP contribution in [0.15, 0.2) is 114 Å². The average Bonchev–Trinajstić information content (AvgIpc) is 3.89. The van der Waals surface area contributed by atoms with Gasteiger partial charge in [-0.25, -0.2) is 0 Å². The lowest BCUT2D eigenvalue weighted by Gasteiger charge is -2.50. The molecule has 0 radical (unpaired) electrons. The molecule has 338 valence electrons. The van der Waals surface area contributed by atoms with Crippen LogP contribution in [0.2, 0.25) is 0 Å². The van der Waals surface area contributed by atoms with E-state index in [9.17, 15) is 0 Å². The van der Waals surface area contributed by atoms with Crippen LogP contribution in [-0.2, 0) is 27.1 Å². The summed E-state index contributed by atoms with van der Waals surface area (Å²) in [5, 5.41) is 3.65. The van der Waals surface area contributed by atoms with Gasteiger partial charge in [-0.1, -0.05) is 150 Å². The van der Waals surface area contributed by atoms with E-state index in [0.29, 0.717) is 0 Å². The molecule has 2 atom stereocenters. The number of fused-ring (bicyclic) bond motifs is 13. The van der Waals surface area contributed by atoms with Crippen molar-refractivity contribution in [2.24, 2.45) is 0 Å². The average molecular weight is 880 g/mol.